The Bertz CT molecular complexity index is 1210. The van der Waals surface area contributed by atoms with Crippen molar-refractivity contribution in [1.29, 1.82) is 0 Å². The average molecular weight is 433 g/mol. The Labute approximate surface area is 187 Å². The molecular formula is C26H28N2O4. The normalized spacial score (nSPS) is 17.7. The third kappa shape index (κ3) is 4.05. The summed E-state index contributed by atoms with van der Waals surface area (Å²) in [7, 11) is 1.55. The van der Waals surface area contributed by atoms with E-state index in [4.69, 9.17) is 9.47 Å². The molecule has 0 saturated heterocycles. The summed E-state index contributed by atoms with van der Waals surface area (Å²) < 4.78 is 11.1. The molecule has 1 heterocycles. The summed E-state index contributed by atoms with van der Waals surface area (Å²) >= 11 is 0. The largest absolute Gasteiger partial charge is 0.496 e. The Hall–Kier alpha value is -3.41. The van der Waals surface area contributed by atoms with Crippen LogP contribution >= 0.6 is 0 Å². The van der Waals surface area contributed by atoms with Crippen LogP contribution in [0.15, 0.2) is 48.8 Å². The number of amides is 1. The first-order valence-electron chi connectivity index (χ1n) is 10.7. The molecule has 1 N–H and O–H groups in total. The molecule has 1 aromatic heterocycles. The highest BCUT2D eigenvalue weighted by Crippen LogP contribution is 2.41. The van der Waals surface area contributed by atoms with Gasteiger partial charge in [-0.05, 0) is 75.2 Å². The van der Waals surface area contributed by atoms with Crippen LogP contribution in [0.1, 0.15) is 61.2 Å². The Morgan fingerprint density at radius 2 is 1.91 bits per heavy atom. The van der Waals surface area contributed by atoms with Gasteiger partial charge >= 0.3 is 6.09 Å². The summed E-state index contributed by atoms with van der Waals surface area (Å²) in [6, 6.07) is 11.2. The minimum Gasteiger partial charge on any atom is -0.496 e. The van der Waals surface area contributed by atoms with Crippen LogP contribution in [-0.4, -0.2) is 29.6 Å². The van der Waals surface area contributed by atoms with Gasteiger partial charge < -0.3 is 14.8 Å². The number of pyridine rings is 1. The van der Waals surface area contributed by atoms with Gasteiger partial charge in [0.2, 0.25) is 0 Å². The van der Waals surface area contributed by atoms with Crippen LogP contribution in [0, 0.1) is 0 Å². The third-order valence-electron chi connectivity index (χ3n) is 5.86. The molecular weight excluding hydrogens is 404 g/mol. The third-order valence-corrected chi connectivity index (χ3v) is 5.86. The van der Waals surface area contributed by atoms with E-state index in [1.165, 1.54) is 0 Å². The maximum absolute atomic E-state index is 13.5. The minimum absolute atomic E-state index is 0.102. The van der Waals surface area contributed by atoms with E-state index in [-0.39, 0.29) is 5.78 Å². The zero-order valence-corrected chi connectivity index (χ0v) is 19.1. The number of carbonyl (C=O) groups excluding carboxylic acids is 2. The molecule has 0 aliphatic heterocycles. The fourth-order valence-electron chi connectivity index (χ4n) is 4.34. The van der Waals surface area contributed by atoms with E-state index >= 15 is 0 Å². The maximum Gasteiger partial charge on any atom is 0.408 e. The number of nitrogens with zero attached hydrogens (tertiary/aromatic N) is 1. The second kappa shape index (κ2) is 7.93. The van der Waals surface area contributed by atoms with Gasteiger partial charge in [-0.1, -0.05) is 18.2 Å². The van der Waals surface area contributed by atoms with Gasteiger partial charge in [0.25, 0.3) is 0 Å². The molecule has 0 saturated carbocycles. The molecule has 1 amide bonds. The Morgan fingerprint density at radius 1 is 1.12 bits per heavy atom. The quantitative estimate of drug-likeness (QED) is 0.576. The van der Waals surface area contributed by atoms with Crippen molar-refractivity contribution < 1.29 is 19.1 Å². The van der Waals surface area contributed by atoms with Crippen molar-refractivity contribution in [2.75, 3.05) is 7.11 Å². The molecule has 0 bridgehead atoms. The molecule has 6 heteroatoms. The molecule has 1 aliphatic carbocycles. The lowest BCUT2D eigenvalue weighted by molar-refractivity contribution is 0.0461. The standard InChI is InChI=1S/C26H28N2O4/c1-25(2,3)32-24(30)28-26(4)11-9-16-13-20(22(31-5)14-21(16)26)23(29)19-8-6-7-17-15-27-12-10-18(17)19/h6-8,10,12-15H,9,11H2,1-5H3,(H,28,30). The Balaban J connectivity index is 1.72. The Morgan fingerprint density at radius 3 is 2.62 bits per heavy atom. The van der Waals surface area contributed by atoms with Crippen LogP contribution in [0.25, 0.3) is 10.8 Å². The number of methoxy groups -OCH3 is 1. The van der Waals surface area contributed by atoms with E-state index in [9.17, 15) is 9.59 Å². The van der Waals surface area contributed by atoms with E-state index in [2.05, 4.69) is 10.3 Å². The number of fused-ring (bicyclic) bond motifs is 2. The van der Waals surface area contributed by atoms with Crippen molar-refractivity contribution in [3.05, 3.63) is 71.0 Å². The summed E-state index contributed by atoms with van der Waals surface area (Å²) in [5.41, 5.74) is 1.91. The lowest BCUT2D eigenvalue weighted by Crippen LogP contribution is -2.44. The molecule has 3 aromatic rings. The monoisotopic (exact) mass is 432 g/mol. The lowest BCUT2D eigenvalue weighted by atomic mass is 9.91. The van der Waals surface area contributed by atoms with Gasteiger partial charge in [-0.2, -0.15) is 0 Å². The van der Waals surface area contributed by atoms with Crippen LogP contribution in [0.4, 0.5) is 4.79 Å². The van der Waals surface area contributed by atoms with E-state index in [1.54, 1.807) is 19.5 Å². The smallest absolute Gasteiger partial charge is 0.408 e. The van der Waals surface area contributed by atoms with Crippen molar-refractivity contribution in [2.24, 2.45) is 0 Å². The maximum atomic E-state index is 13.5. The van der Waals surface area contributed by atoms with Crippen molar-refractivity contribution >= 4 is 22.6 Å². The topological polar surface area (TPSA) is 77.5 Å². The number of aromatic nitrogens is 1. The second-order valence-corrected chi connectivity index (χ2v) is 9.40. The number of hydrogen-bond donors (Lipinski definition) is 1. The number of alkyl carbamates (subject to hydrolysis) is 1. The van der Waals surface area contributed by atoms with E-state index in [1.807, 2.05) is 64.1 Å². The molecule has 1 atom stereocenters. The number of carbonyl (C=O) groups is 2. The summed E-state index contributed by atoms with van der Waals surface area (Å²) in [5.74, 6) is 0.383. The number of aryl methyl sites for hydroxylation is 1. The van der Waals surface area contributed by atoms with Gasteiger partial charge in [0.1, 0.15) is 11.4 Å². The van der Waals surface area contributed by atoms with Gasteiger partial charge in [0, 0.05) is 23.3 Å². The van der Waals surface area contributed by atoms with Gasteiger partial charge in [-0.3, -0.25) is 9.78 Å². The van der Waals surface area contributed by atoms with Gasteiger partial charge in [0.15, 0.2) is 5.78 Å². The fraction of sp³-hybridized carbons (Fsp3) is 0.346. The highest BCUT2D eigenvalue weighted by atomic mass is 16.6. The molecule has 4 rings (SSSR count). The minimum atomic E-state index is -0.600. The zero-order chi connectivity index (χ0) is 23.1. The highest BCUT2D eigenvalue weighted by Gasteiger charge is 2.38. The molecule has 1 aliphatic rings. The first kappa shape index (κ1) is 21.8. The van der Waals surface area contributed by atoms with Crippen molar-refractivity contribution in [3.8, 4) is 5.75 Å². The molecule has 2 aromatic carbocycles. The molecule has 32 heavy (non-hydrogen) atoms. The van der Waals surface area contributed by atoms with Crippen LogP contribution in [-0.2, 0) is 16.7 Å². The highest BCUT2D eigenvalue weighted by molar-refractivity contribution is 6.17. The van der Waals surface area contributed by atoms with Crippen LogP contribution in [0.5, 0.6) is 5.75 Å². The number of ketones is 1. The van der Waals surface area contributed by atoms with Crippen LogP contribution in [0.2, 0.25) is 0 Å². The lowest BCUT2D eigenvalue weighted by Gasteiger charge is -2.29. The van der Waals surface area contributed by atoms with Crippen molar-refractivity contribution in [2.45, 2.75) is 51.7 Å². The van der Waals surface area contributed by atoms with E-state index in [0.717, 1.165) is 28.3 Å². The number of nitrogens with one attached hydrogen (secondary N) is 1. The zero-order valence-electron chi connectivity index (χ0n) is 19.1. The molecule has 0 spiro atoms. The predicted molar refractivity (Wildman–Crippen MR) is 123 cm³/mol. The average Bonchev–Trinajstić information content (AvgIpc) is 3.05. The Kier molecular flexibility index (Phi) is 5.41. The molecule has 0 fully saturated rings. The van der Waals surface area contributed by atoms with Crippen molar-refractivity contribution in [1.82, 2.24) is 10.3 Å². The van der Waals surface area contributed by atoms with Gasteiger partial charge in [0.05, 0.1) is 18.2 Å². The number of benzene rings is 2. The molecule has 166 valence electrons. The fourth-order valence-corrected chi connectivity index (χ4v) is 4.34. The van der Waals surface area contributed by atoms with Crippen LogP contribution < -0.4 is 10.1 Å². The van der Waals surface area contributed by atoms with Gasteiger partial charge in [-0.15, -0.1) is 0 Å². The van der Waals surface area contributed by atoms with Crippen molar-refractivity contribution in [3.63, 3.8) is 0 Å². The van der Waals surface area contributed by atoms with E-state index < -0.39 is 17.2 Å². The van der Waals surface area contributed by atoms with Crippen LogP contribution in [0.3, 0.4) is 0 Å². The summed E-state index contributed by atoms with van der Waals surface area (Å²) in [4.78, 5) is 30.1. The van der Waals surface area contributed by atoms with Gasteiger partial charge in [-0.25, -0.2) is 4.79 Å². The predicted octanol–water partition coefficient (Wildman–Crippen LogP) is 5.16. The SMILES string of the molecule is COc1cc2c(cc1C(=O)c1cccc3cnccc13)CCC2(C)NC(=O)OC(C)(C)C. The number of rotatable bonds is 4. The molecule has 0 radical (unpaired) electrons. The summed E-state index contributed by atoms with van der Waals surface area (Å²) in [5, 5.41) is 4.78. The molecule has 6 nitrogen and oxygen atoms in total. The second-order valence-electron chi connectivity index (χ2n) is 9.40. The first-order valence-corrected chi connectivity index (χ1v) is 10.7. The molecule has 1 unspecified atom stereocenters. The number of hydrogen-bond acceptors (Lipinski definition) is 5. The summed E-state index contributed by atoms with van der Waals surface area (Å²) in [6.45, 7) is 7.48. The number of ether oxygens (including phenoxy) is 2. The van der Waals surface area contributed by atoms with E-state index in [0.29, 0.717) is 23.3 Å². The first-order chi connectivity index (χ1) is 15.1. The summed E-state index contributed by atoms with van der Waals surface area (Å²) in [6.07, 6.45) is 4.43.